The van der Waals surface area contributed by atoms with E-state index in [1.807, 2.05) is 45.0 Å². The molecule has 10 heteroatoms. The van der Waals surface area contributed by atoms with Crippen molar-refractivity contribution in [3.8, 4) is 11.1 Å². The predicted molar refractivity (Wildman–Crippen MR) is 154 cm³/mol. The summed E-state index contributed by atoms with van der Waals surface area (Å²) in [5, 5.41) is 3.82. The smallest absolute Gasteiger partial charge is 0.410 e. The first-order valence-electron chi connectivity index (χ1n) is 14.4. The fourth-order valence-electron chi connectivity index (χ4n) is 5.56. The number of esters is 1. The minimum Gasteiger partial charge on any atom is -0.461 e. The molecule has 0 atom stereocenters. The first-order valence-corrected chi connectivity index (χ1v) is 14.4. The highest BCUT2D eigenvalue weighted by Gasteiger charge is 2.35. The highest BCUT2D eigenvalue weighted by atomic mass is 16.6. The van der Waals surface area contributed by atoms with Gasteiger partial charge in [-0.3, -0.25) is 4.90 Å². The predicted octanol–water partition coefficient (Wildman–Crippen LogP) is 6.00. The van der Waals surface area contributed by atoms with E-state index in [2.05, 4.69) is 29.4 Å². The minimum absolute atomic E-state index is 0.0408. The Labute approximate surface area is 245 Å². The molecular formula is C32H37N3O7. The van der Waals surface area contributed by atoms with Crippen LogP contribution in [0.5, 0.6) is 0 Å². The molecule has 2 amide bonds. The quantitative estimate of drug-likeness (QED) is 0.249. The van der Waals surface area contributed by atoms with Crippen LogP contribution in [0.2, 0.25) is 0 Å². The van der Waals surface area contributed by atoms with Gasteiger partial charge >= 0.3 is 18.2 Å². The van der Waals surface area contributed by atoms with Crippen molar-refractivity contribution in [2.45, 2.75) is 64.6 Å². The van der Waals surface area contributed by atoms with Crippen molar-refractivity contribution in [1.82, 2.24) is 15.0 Å². The van der Waals surface area contributed by atoms with Gasteiger partial charge in [0.25, 0.3) is 0 Å². The Bertz CT molecular complexity index is 1390. The summed E-state index contributed by atoms with van der Waals surface area (Å²) >= 11 is 0. The second-order valence-corrected chi connectivity index (χ2v) is 11.5. The van der Waals surface area contributed by atoms with Gasteiger partial charge in [0.15, 0.2) is 11.5 Å². The van der Waals surface area contributed by atoms with Crippen molar-refractivity contribution in [1.29, 1.82) is 0 Å². The molecule has 0 spiro atoms. The summed E-state index contributed by atoms with van der Waals surface area (Å²) in [5.74, 6) is -0.343. The van der Waals surface area contributed by atoms with Crippen LogP contribution in [0.15, 0.2) is 59.1 Å². The zero-order valence-electron chi connectivity index (χ0n) is 24.5. The average Bonchev–Trinajstić information content (AvgIpc) is 3.57. The minimum atomic E-state index is -0.593. The molecule has 0 unspecified atom stereocenters. The van der Waals surface area contributed by atoms with E-state index in [4.69, 9.17) is 18.7 Å². The fraction of sp³-hybridized carbons (Fsp3) is 0.438. The van der Waals surface area contributed by atoms with Gasteiger partial charge in [0.05, 0.1) is 13.2 Å². The number of hydrogen-bond donors (Lipinski definition) is 0. The van der Waals surface area contributed by atoms with Gasteiger partial charge < -0.3 is 23.6 Å². The van der Waals surface area contributed by atoms with Crippen molar-refractivity contribution in [3.05, 3.63) is 77.2 Å². The van der Waals surface area contributed by atoms with E-state index in [1.54, 1.807) is 16.7 Å². The van der Waals surface area contributed by atoms with Gasteiger partial charge in [0, 0.05) is 31.1 Å². The number of nitrogens with zero attached hydrogens (tertiary/aromatic N) is 3. The molecule has 0 bridgehead atoms. The number of fused-ring (bicyclic) bond motifs is 3. The summed E-state index contributed by atoms with van der Waals surface area (Å²) in [6.45, 7) is 8.50. The highest BCUT2D eigenvalue weighted by molar-refractivity contribution is 5.87. The number of carbonyl (C=O) groups excluding carboxylic acids is 3. The maximum absolute atomic E-state index is 13.7. The molecule has 3 aromatic rings. The number of likely N-dealkylation sites (tertiary alicyclic amines) is 1. The molecule has 10 nitrogen and oxygen atoms in total. The van der Waals surface area contributed by atoms with Gasteiger partial charge in [-0.1, -0.05) is 53.7 Å². The van der Waals surface area contributed by atoms with Crippen LogP contribution < -0.4 is 0 Å². The second kappa shape index (κ2) is 12.3. The summed E-state index contributed by atoms with van der Waals surface area (Å²) in [7, 11) is 0. The van der Waals surface area contributed by atoms with E-state index in [1.165, 1.54) is 6.07 Å². The molecule has 0 radical (unpaired) electrons. The lowest BCUT2D eigenvalue weighted by Crippen LogP contribution is -2.49. The number of ether oxygens (including phenoxy) is 3. The molecule has 2 aliphatic rings. The topological polar surface area (TPSA) is 111 Å². The number of hydrogen-bond acceptors (Lipinski definition) is 8. The number of rotatable bonds is 7. The number of piperidine rings is 1. The van der Waals surface area contributed by atoms with Crippen LogP contribution >= 0.6 is 0 Å². The summed E-state index contributed by atoms with van der Waals surface area (Å²) < 4.78 is 21.9. The molecule has 0 saturated carbocycles. The largest absolute Gasteiger partial charge is 0.461 e. The van der Waals surface area contributed by atoms with Crippen LogP contribution in [0.25, 0.3) is 11.1 Å². The normalized spacial score (nSPS) is 15.1. The summed E-state index contributed by atoms with van der Waals surface area (Å²) in [4.78, 5) is 41.7. The summed E-state index contributed by atoms with van der Waals surface area (Å²) in [5.41, 5.74) is 3.99. The van der Waals surface area contributed by atoms with E-state index in [0.717, 1.165) is 22.3 Å². The number of benzene rings is 2. The van der Waals surface area contributed by atoms with Crippen LogP contribution in [0, 0.1) is 0 Å². The number of amides is 2. The molecule has 42 heavy (non-hydrogen) atoms. The lowest BCUT2D eigenvalue weighted by Gasteiger charge is -2.38. The second-order valence-electron chi connectivity index (χ2n) is 11.5. The zero-order chi connectivity index (χ0) is 29.9. The fourth-order valence-corrected chi connectivity index (χ4v) is 5.56. The van der Waals surface area contributed by atoms with Crippen LogP contribution in [-0.4, -0.2) is 71.1 Å². The SMILES string of the molecule is CCOC(=O)c1cc(CN(C(=O)OCC2c3ccccc3-c3ccccc32)C2CCN(C(=O)OC(C)(C)C)CC2)on1. The van der Waals surface area contributed by atoms with E-state index in [0.29, 0.717) is 31.7 Å². The van der Waals surface area contributed by atoms with Crippen molar-refractivity contribution < 1.29 is 33.1 Å². The third-order valence-electron chi connectivity index (χ3n) is 7.50. The first kappa shape index (κ1) is 29.2. The molecule has 1 saturated heterocycles. The molecule has 1 aliphatic heterocycles. The molecular weight excluding hydrogens is 538 g/mol. The molecule has 1 fully saturated rings. The first-order chi connectivity index (χ1) is 20.1. The molecule has 5 rings (SSSR count). The Hall–Kier alpha value is -4.34. The molecule has 1 aromatic heterocycles. The van der Waals surface area contributed by atoms with Crippen LogP contribution in [-0.2, 0) is 20.8 Å². The number of carbonyl (C=O) groups is 3. The zero-order valence-corrected chi connectivity index (χ0v) is 24.5. The molecule has 2 aromatic carbocycles. The third kappa shape index (κ3) is 6.42. The van der Waals surface area contributed by atoms with Crippen molar-refractivity contribution >= 4 is 18.2 Å². The van der Waals surface area contributed by atoms with Gasteiger partial charge in [-0.05, 0) is 62.8 Å². The van der Waals surface area contributed by atoms with Gasteiger partial charge in [-0.15, -0.1) is 0 Å². The lowest BCUT2D eigenvalue weighted by molar-refractivity contribution is 0.0122. The Kier molecular flexibility index (Phi) is 8.51. The van der Waals surface area contributed by atoms with Crippen molar-refractivity contribution in [2.24, 2.45) is 0 Å². The Morgan fingerprint density at radius 3 is 2.19 bits per heavy atom. The molecule has 2 heterocycles. The van der Waals surface area contributed by atoms with E-state index in [-0.39, 0.29) is 43.5 Å². The summed E-state index contributed by atoms with van der Waals surface area (Å²) in [6, 6.07) is 17.6. The van der Waals surface area contributed by atoms with Crippen LogP contribution in [0.4, 0.5) is 9.59 Å². The summed E-state index contributed by atoms with van der Waals surface area (Å²) in [6.07, 6.45) is 0.189. The van der Waals surface area contributed by atoms with Gasteiger partial charge in [0.1, 0.15) is 12.2 Å². The molecule has 1 aliphatic carbocycles. The van der Waals surface area contributed by atoms with Gasteiger partial charge in [-0.25, -0.2) is 14.4 Å². The Morgan fingerprint density at radius 1 is 0.976 bits per heavy atom. The van der Waals surface area contributed by atoms with Crippen LogP contribution in [0.1, 0.15) is 73.8 Å². The van der Waals surface area contributed by atoms with Gasteiger partial charge in [0.2, 0.25) is 0 Å². The van der Waals surface area contributed by atoms with Gasteiger partial charge in [-0.2, -0.15) is 0 Å². The molecule has 0 N–H and O–H groups in total. The highest BCUT2D eigenvalue weighted by Crippen LogP contribution is 2.44. The molecule has 222 valence electrons. The lowest BCUT2D eigenvalue weighted by atomic mass is 9.98. The average molecular weight is 576 g/mol. The van der Waals surface area contributed by atoms with Crippen LogP contribution in [0.3, 0.4) is 0 Å². The standard InChI is InChI=1S/C32H37N3O7/c1-5-39-29(36)28-18-22(42-33-28)19-35(21-14-16-34(17-15-21)30(37)41-32(2,3)4)31(38)40-20-27-25-12-8-6-10-23(25)24-11-7-9-13-26(24)27/h6-13,18,21,27H,5,14-17,19-20H2,1-4H3. The maximum atomic E-state index is 13.7. The Balaban J connectivity index is 1.31. The van der Waals surface area contributed by atoms with E-state index < -0.39 is 17.7 Å². The van der Waals surface area contributed by atoms with E-state index in [9.17, 15) is 14.4 Å². The van der Waals surface area contributed by atoms with E-state index >= 15 is 0 Å². The third-order valence-corrected chi connectivity index (χ3v) is 7.50. The van der Waals surface area contributed by atoms with Crippen molar-refractivity contribution in [2.75, 3.05) is 26.3 Å². The van der Waals surface area contributed by atoms with Crippen molar-refractivity contribution in [3.63, 3.8) is 0 Å². The number of aromatic nitrogens is 1. The monoisotopic (exact) mass is 575 g/mol. The Morgan fingerprint density at radius 2 is 1.60 bits per heavy atom. The maximum Gasteiger partial charge on any atom is 0.410 e.